The highest BCUT2D eigenvalue weighted by atomic mass is 32.2. The van der Waals surface area contributed by atoms with Gasteiger partial charge in [-0.3, -0.25) is 0 Å². The summed E-state index contributed by atoms with van der Waals surface area (Å²) >= 11 is 0. The van der Waals surface area contributed by atoms with Gasteiger partial charge in [0.15, 0.2) is 15.6 Å². The van der Waals surface area contributed by atoms with Crippen molar-refractivity contribution < 1.29 is 22.7 Å². The molecule has 9 heteroatoms. The number of anilines is 1. The fourth-order valence-corrected chi connectivity index (χ4v) is 3.92. The molecule has 1 aliphatic rings. The maximum absolute atomic E-state index is 13.3. The summed E-state index contributed by atoms with van der Waals surface area (Å²) in [4.78, 5) is 13.5. The first-order chi connectivity index (χ1) is 14.7. The molecule has 0 radical (unpaired) electrons. The van der Waals surface area contributed by atoms with E-state index in [0.29, 0.717) is 34.1 Å². The zero-order valence-electron chi connectivity index (χ0n) is 18.9. The Morgan fingerprint density at radius 2 is 1.75 bits per heavy atom. The van der Waals surface area contributed by atoms with E-state index >= 15 is 0 Å². The van der Waals surface area contributed by atoms with Crippen molar-refractivity contribution >= 4 is 21.5 Å². The molecule has 2 aromatic carbocycles. The van der Waals surface area contributed by atoms with Crippen LogP contribution < -0.4 is 21.5 Å². The van der Waals surface area contributed by atoms with E-state index in [0.717, 1.165) is 6.26 Å². The van der Waals surface area contributed by atoms with Crippen LogP contribution in [0.1, 0.15) is 38.8 Å². The fraction of sp³-hybridized carbons (Fsp3) is 0.348. The van der Waals surface area contributed by atoms with Crippen molar-refractivity contribution in [3.63, 3.8) is 0 Å². The van der Waals surface area contributed by atoms with Gasteiger partial charge in [-0.15, -0.1) is 0 Å². The van der Waals surface area contributed by atoms with Crippen molar-refractivity contribution in [3.8, 4) is 5.75 Å². The third-order valence-corrected chi connectivity index (χ3v) is 6.13. The van der Waals surface area contributed by atoms with Crippen LogP contribution in [0.4, 0.5) is 5.69 Å². The molecule has 0 aromatic heterocycles. The average molecular weight is 460 g/mol. The number of nitrogens with one attached hydrogen (secondary N) is 1. The van der Waals surface area contributed by atoms with Crippen molar-refractivity contribution in [2.75, 3.05) is 11.6 Å². The first-order valence-corrected chi connectivity index (χ1v) is 12.0. The lowest BCUT2D eigenvalue weighted by molar-refractivity contribution is -0.162. The number of ether oxygens (including phenoxy) is 2. The highest BCUT2D eigenvalue weighted by Crippen LogP contribution is 2.36. The van der Waals surface area contributed by atoms with Gasteiger partial charge in [-0.1, -0.05) is 18.2 Å². The summed E-state index contributed by atoms with van der Waals surface area (Å²) in [5.74, 6) is 0.867. The molecule has 0 spiro atoms. The van der Waals surface area contributed by atoms with E-state index in [2.05, 4.69) is 5.32 Å². The number of hydrogen-bond donors (Lipinski definition) is 3. The van der Waals surface area contributed by atoms with E-state index in [-0.39, 0.29) is 11.3 Å². The third kappa shape index (κ3) is 5.05. The first kappa shape index (κ1) is 23.6. The minimum absolute atomic E-state index is 0.0932. The van der Waals surface area contributed by atoms with Crippen LogP contribution in [0.2, 0.25) is 0 Å². The van der Waals surface area contributed by atoms with E-state index in [4.69, 9.17) is 20.9 Å². The number of carbonyl (C=O) groups excluding carboxylic acids is 1. The molecule has 8 nitrogen and oxygen atoms in total. The van der Waals surface area contributed by atoms with Gasteiger partial charge in [-0.25, -0.2) is 13.2 Å². The Bertz CT molecular complexity index is 1180. The molecule has 32 heavy (non-hydrogen) atoms. The van der Waals surface area contributed by atoms with E-state index in [1.165, 1.54) is 12.1 Å². The highest BCUT2D eigenvalue weighted by Gasteiger charge is 2.40. The molecule has 0 saturated heterocycles. The number of rotatable bonds is 5. The summed E-state index contributed by atoms with van der Waals surface area (Å²) in [5, 5.41) is 3.06. The summed E-state index contributed by atoms with van der Waals surface area (Å²) in [6, 6.07) is 11.4. The minimum atomic E-state index is -3.34. The van der Waals surface area contributed by atoms with Crippen molar-refractivity contribution in [3.05, 3.63) is 65.2 Å². The number of carbonyl (C=O) groups is 1. The molecule has 172 valence electrons. The topological polar surface area (TPSA) is 134 Å². The number of nitrogens with two attached hydrogens (primary N) is 2. The van der Waals surface area contributed by atoms with E-state index in [1.807, 2.05) is 0 Å². The lowest BCUT2D eigenvalue weighted by Crippen LogP contribution is -2.50. The predicted molar refractivity (Wildman–Crippen MR) is 123 cm³/mol. The zero-order valence-corrected chi connectivity index (χ0v) is 19.7. The molecule has 2 aromatic rings. The maximum atomic E-state index is 13.3. The van der Waals surface area contributed by atoms with Crippen LogP contribution in [0.25, 0.3) is 0 Å². The second-order valence-electron chi connectivity index (χ2n) is 8.97. The first-order valence-electron chi connectivity index (χ1n) is 10.1. The second kappa shape index (κ2) is 8.14. The molecular weight excluding hydrogens is 430 g/mol. The van der Waals surface area contributed by atoms with E-state index in [1.54, 1.807) is 58.0 Å². The molecule has 0 aliphatic carbocycles. The Kier molecular flexibility index (Phi) is 6.01. The van der Waals surface area contributed by atoms with Crippen molar-refractivity contribution in [1.29, 1.82) is 0 Å². The molecule has 3 rings (SSSR count). The van der Waals surface area contributed by atoms with Crippen LogP contribution in [0, 0.1) is 0 Å². The quantitative estimate of drug-likeness (QED) is 0.581. The molecular formula is C23H29N3O5S. The van der Waals surface area contributed by atoms with E-state index in [9.17, 15) is 13.2 Å². The summed E-state index contributed by atoms with van der Waals surface area (Å²) in [7, 11) is -3.34. The predicted octanol–water partition coefficient (Wildman–Crippen LogP) is 2.78. The van der Waals surface area contributed by atoms with Crippen LogP contribution >= 0.6 is 0 Å². The Hall–Kier alpha value is -3.04. The molecule has 1 unspecified atom stereocenters. The number of fused-ring (bicyclic) bond motifs is 1. The van der Waals surface area contributed by atoms with Gasteiger partial charge in [-0.2, -0.15) is 0 Å². The third-order valence-electron chi connectivity index (χ3n) is 5.00. The average Bonchev–Trinajstić information content (AvgIpc) is 2.67. The van der Waals surface area contributed by atoms with Crippen LogP contribution in [-0.4, -0.2) is 26.2 Å². The normalized spacial score (nSPS) is 15.8. The van der Waals surface area contributed by atoms with Gasteiger partial charge in [0.25, 0.3) is 0 Å². The molecule has 1 aliphatic heterocycles. The number of allylic oxidation sites excluding steroid dienone is 1. The monoisotopic (exact) mass is 459 g/mol. The standard InChI is InChI=1S/C23H29N3O5S/c1-14-20(24)26-18-12-16(8-11-19(18)30-14)23(25,21(27)31-22(2,3)4)13-15-6-9-17(10-7-15)32(5,28)29/h6-12,26H,13,24-25H2,1-5H3. The van der Waals surface area contributed by atoms with Gasteiger partial charge >= 0.3 is 5.97 Å². The smallest absolute Gasteiger partial charge is 0.331 e. The van der Waals surface area contributed by atoms with Gasteiger partial charge in [0.05, 0.1) is 10.6 Å². The van der Waals surface area contributed by atoms with Gasteiger partial charge in [0.1, 0.15) is 22.7 Å². The molecule has 0 fully saturated rings. The number of benzene rings is 2. The number of esters is 1. The minimum Gasteiger partial charge on any atom is -0.458 e. The fourth-order valence-electron chi connectivity index (χ4n) is 3.28. The number of sulfone groups is 1. The Morgan fingerprint density at radius 1 is 1.12 bits per heavy atom. The molecule has 5 N–H and O–H groups in total. The Morgan fingerprint density at radius 3 is 2.31 bits per heavy atom. The highest BCUT2D eigenvalue weighted by molar-refractivity contribution is 7.90. The summed E-state index contributed by atoms with van der Waals surface area (Å²) in [6.07, 6.45) is 1.23. The van der Waals surface area contributed by atoms with Gasteiger partial charge in [0.2, 0.25) is 0 Å². The van der Waals surface area contributed by atoms with Crippen LogP contribution in [0.5, 0.6) is 5.75 Å². The molecule has 1 atom stereocenters. The van der Waals surface area contributed by atoms with Gasteiger partial charge in [-0.05, 0) is 63.1 Å². The molecule has 1 heterocycles. The summed E-state index contributed by atoms with van der Waals surface area (Å²) in [5.41, 5.74) is 12.1. The molecule has 0 amide bonds. The van der Waals surface area contributed by atoms with Gasteiger partial charge in [0, 0.05) is 12.7 Å². The largest absolute Gasteiger partial charge is 0.458 e. The van der Waals surface area contributed by atoms with Crippen LogP contribution in [-0.2, 0) is 31.3 Å². The summed E-state index contributed by atoms with van der Waals surface area (Å²) < 4.78 is 34.9. The molecule has 0 saturated carbocycles. The van der Waals surface area contributed by atoms with Gasteiger partial charge < -0.3 is 26.3 Å². The lowest BCUT2D eigenvalue weighted by atomic mass is 9.84. The van der Waals surface area contributed by atoms with Crippen molar-refractivity contribution in [1.82, 2.24) is 0 Å². The maximum Gasteiger partial charge on any atom is 0.331 e. The zero-order chi connectivity index (χ0) is 23.9. The lowest BCUT2D eigenvalue weighted by Gasteiger charge is -2.33. The summed E-state index contributed by atoms with van der Waals surface area (Å²) in [6.45, 7) is 7.04. The second-order valence-corrected chi connectivity index (χ2v) is 11.0. The Labute approximate surface area is 188 Å². The van der Waals surface area contributed by atoms with Crippen LogP contribution in [0.15, 0.2) is 58.9 Å². The molecule has 0 bridgehead atoms. The van der Waals surface area contributed by atoms with Crippen molar-refractivity contribution in [2.24, 2.45) is 11.5 Å². The number of hydrogen-bond acceptors (Lipinski definition) is 8. The van der Waals surface area contributed by atoms with E-state index < -0.39 is 26.9 Å². The Balaban J connectivity index is 2.03. The SMILES string of the molecule is CC1=C(N)Nc2cc(C(N)(Cc3ccc(S(C)(=O)=O)cc3)C(=O)OC(C)(C)C)ccc2O1. The van der Waals surface area contributed by atoms with Crippen molar-refractivity contribution in [2.45, 2.75) is 50.2 Å². The van der Waals surface area contributed by atoms with Crippen LogP contribution in [0.3, 0.4) is 0 Å².